The zero-order valence-electron chi connectivity index (χ0n) is 24.4. The summed E-state index contributed by atoms with van der Waals surface area (Å²) >= 11 is 3.63. The van der Waals surface area contributed by atoms with Crippen molar-refractivity contribution in [1.29, 1.82) is 0 Å². The molecule has 0 atom stereocenters. The molecule has 3 nitrogen and oxygen atoms in total. The van der Waals surface area contributed by atoms with Gasteiger partial charge in [0.25, 0.3) is 0 Å². The first kappa shape index (κ1) is 25.8. The van der Waals surface area contributed by atoms with Crippen molar-refractivity contribution in [3.8, 4) is 34.2 Å². The number of thiophene rings is 2. The molecular formula is C41H23N3S2. The van der Waals surface area contributed by atoms with Gasteiger partial charge in [-0.1, -0.05) is 97.1 Å². The maximum atomic E-state index is 5.14. The average Bonchev–Trinajstić information content (AvgIpc) is 3.68. The first-order valence-electron chi connectivity index (χ1n) is 15.3. The van der Waals surface area contributed by atoms with Crippen LogP contribution in [0.3, 0.4) is 0 Å². The van der Waals surface area contributed by atoms with E-state index in [0.29, 0.717) is 17.5 Å². The SMILES string of the molecule is c1ccc2c(c1)ccc1ccc(-c3nc(-c4ccc5c(c4)sc4ccccc45)nc(-c4ccc5sc6ccccc6c5c4)n3)cc12. The summed E-state index contributed by atoms with van der Waals surface area (Å²) in [6.07, 6.45) is 0. The van der Waals surface area contributed by atoms with E-state index in [9.17, 15) is 0 Å². The Morgan fingerprint density at radius 1 is 0.304 bits per heavy atom. The number of hydrogen-bond acceptors (Lipinski definition) is 5. The largest absolute Gasteiger partial charge is 0.208 e. The maximum Gasteiger partial charge on any atom is 0.164 e. The van der Waals surface area contributed by atoms with E-state index in [1.807, 2.05) is 22.7 Å². The first-order chi connectivity index (χ1) is 22.7. The summed E-state index contributed by atoms with van der Waals surface area (Å²) in [4.78, 5) is 15.4. The molecule has 0 aliphatic heterocycles. The minimum absolute atomic E-state index is 0.668. The molecule has 0 saturated heterocycles. The fourth-order valence-corrected chi connectivity index (χ4v) is 8.87. The summed E-state index contributed by atoms with van der Waals surface area (Å²) in [5.41, 5.74) is 2.94. The molecule has 0 fully saturated rings. The number of nitrogens with zero attached hydrogens (tertiary/aromatic N) is 3. The summed E-state index contributed by atoms with van der Waals surface area (Å²) in [7, 11) is 0. The highest BCUT2D eigenvalue weighted by molar-refractivity contribution is 7.26. The smallest absolute Gasteiger partial charge is 0.164 e. The van der Waals surface area contributed by atoms with Crippen molar-refractivity contribution in [1.82, 2.24) is 15.0 Å². The van der Waals surface area contributed by atoms with Crippen molar-refractivity contribution in [3.05, 3.63) is 140 Å². The van der Waals surface area contributed by atoms with Gasteiger partial charge in [0.1, 0.15) is 0 Å². The molecule has 3 heterocycles. The Labute approximate surface area is 272 Å². The van der Waals surface area contributed by atoms with Crippen molar-refractivity contribution in [2.45, 2.75) is 0 Å². The van der Waals surface area contributed by atoms with Crippen LogP contribution in [0.2, 0.25) is 0 Å². The lowest BCUT2D eigenvalue weighted by Gasteiger charge is -2.10. The monoisotopic (exact) mass is 621 g/mol. The van der Waals surface area contributed by atoms with Gasteiger partial charge in [0.05, 0.1) is 0 Å². The quantitative estimate of drug-likeness (QED) is 0.184. The topological polar surface area (TPSA) is 38.7 Å². The first-order valence-corrected chi connectivity index (χ1v) is 16.9. The number of benzene rings is 7. The number of hydrogen-bond donors (Lipinski definition) is 0. The second kappa shape index (κ2) is 10.0. The molecule has 0 radical (unpaired) electrons. The normalized spacial score (nSPS) is 11.9. The highest BCUT2D eigenvalue weighted by Gasteiger charge is 2.16. The van der Waals surface area contributed by atoms with E-state index >= 15 is 0 Å². The van der Waals surface area contributed by atoms with E-state index in [0.717, 1.165) is 16.7 Å². The summed E-state index contributed by atoms with van der Waals surface area (Å²) in [6, 6.07) is 49.8. The minimum atomic E-state index is 0.668. The molecule has 0 amide bonds. The van der Waals surface area contributed by atoms with Crippen LogP contribution < -0.4 is 0 Å². The molecule has 46 heavy (non-hydrogen) atoms. The third kappa shape index (κ3) is 4.06. The van der Waals surface area contributed by atoms with Crippen molar-refractivity contribution in [2.75, 3.05) is 0 Å². The Hall–Kier alpha value is -5.49. The predicted molar refractivity (Wildman–Crippen MR) is 197 cm³/mol. The predicted octanol–water partition coefficient (Wildman–Crippen LogP) is 11.9. The Balaban J connectivity index is 1.20. The van der Waals surface area contributed by atoms with Crippen molar-refractivity contribution < 1.29 is 0 Å². The number of rotatable bonds is 3. The summed E-state index contributed by atoms with van der Waals surface area (Å²) in [5.74, 6) is 2.01. The van der Waals surface area contributed by atoms with Crippen LogP contribution >= 0.6 is 22.7 Å². The molecule has 0 aliphatic rings. The van der Waals surface area contributed by atoms with Gasteiger partial charge in [-0.25, -0.2) is 15.0 Å². The van der Waals surface area contributed by atoms with E-state index in [2.05, 4.69) is 140 Å². The average molecular weight is 622 g/mol. The highest BCUT2D eigenvalue weighted by Crippen LogP contribution is 2.38. The molecule has 10 aromatic rings. The van der Waals surface area contributed by atoms with E-state index in [-0.39, 0.29) is 0 Å². The van der Waals surface area contributed by atoms with E-state index in [1.165, 1.54) is 61.9 Å². The molecule has 0 N–H and O–H groups in total. The van der Waals surface area contributed by atoms with Gasteiger partial charge in [-0.15, -0.1) is 22.7 Å². The van der Waals surface area contributed by atoms with E-state index in [4.69, 9.17) is 15.0 Å². The third-order valence-electron chi connectivity index (χ3n) is 8.91. The Morgan fingerprint density at radius 2 is 0.761 bits per heavy atom. The van der Waals surface area contributed by atoms with Crippen molar-refractivity contribution in [3.63, 3.8) is 0 Å². The minimum Gasteiger partial charge on any atom is -0.208 e. The Kier molecular flexibility index (Phi) is 5.61. The van der Waals surface area contributed by atoms with Crippen LogP contribution in [-0.4, -0.2) is 15.0 Å². The lowest BCUT2D eigenvalue weighted by Crippen LogP contribution is -2.00. The van der Waals surface area contributed by atoms with Crippen molar-refractivity contribution >= 4 is 84.6 Å². The fraction of sp³-hybridized carbons (Fsp3) is 0. The number of fused-ring (bicyclic) bond motifs is 9. The molecule has 0 unspecified atom stereocenters. The fourth-order valence-electron chi connectivity index (χ4n) is 6.63. The summed E-state index contributed by atoms with van der Waals surface area (Å²) < 4.78 is 5.06. The molecule has 10 rings (SSSR count). The second-order valence-electron chi connectivity index (χ2n) is 11.6. The van der Waals surface area contributed by atoms with Crippen LogP contribution in [0.4, 0.5) is 0 Å². The van der Waals surface area contributed by atoms with Crippen LogP contribution in [-0.2, 0) is 0 Å². The van der Waals surface area contributed by atoms with Crippen molar-refractivity contribution in [2.24, 2.45) is 0 Å². The number of aromatic nitrogens is 3. The van der Waals surface area contributed by atoms with Gasteiger partial charge in [-0.2, -0.15) is 0 Å². The molecule has 3 aromatic heterocycles. The molecule has 0 aliphatic carbocycles. The molecule has 5 heteroatoms. The molecule has 0 bridgehead atoms. The zero-order chi connectivity index (χ0) is 30.2. The molecule has 0 saturated carbocycles. The summed E-state index contributed by atoms with van der Waals surface area (Å²) in [5, 5.41) is 9.86. The standard InChI is InChI=1S/C41H23N3S2/c1-2-8-29-24(7-1)13-14-25-15-16-26(21-33(25)29)39-42-40(27-18-20-37-34(22-27)31-10-4-6-12-36(31)45-37)44-41(43-39)28-17-19-32-30-9-3-5-11-35(30)46-38(32)23-28/h1-23H. The highest BCUT2D eigenvalue weighted by atomic mass is 32.1. The van der Waals surface area contributed by atoms with Gasteiger partial charge in [0.2, 0.25) is 0 Å². The van der Waals surface area contributed by atoms with Gasteiger partial charge >= 0.3 is 0 Å². The van der Waals surface area contributed by atoms with E-state index < -0.39 is 0 Å². The Morgan fingerprint density at radius 3 is 1.50 bits per heavy atom. The van der Waals surface area contributed by atoms with Gasteiger partial charge < -0.3 is 0 Å². The van der Waals surface area contributed by atoms with E-state index in [1.54, 1.807) is 0 Å². The second-order valence-corrected chi connectivity index (χ2v) is 13.8. The van der Waals surface area contributed by atoms with Gasteiger partial charge in [0.15, 0.2) is 17.5 Å². The zero-order valence-corrected chi connectivity index (χ0v) is 26.1. The van der Waals surface area contributed by atoms with Gasteiger partial charge in [0, 0.05) is 57.0 Å². The van der Waals surface area contributed by atoms with Crippen LogP contribution in [0.1, 0.15) is 0 Å². The summed E-state index contributed by atoms with van der Waals surface area (Å²) in [6.45, 7) is 0. The van der Waals surface area contributed by atoms with Crippen LogP contribution in [0.5, 0.6) is 0 Å². The lowest BCUT2D eigenvalue weighted by molar-refractivity contribution is 1.08. The molecule has 214 valence electrons. The van der Waals surface area contributed by atoms with Gasteiger partial charge in [-0.05, 0) is 64.0 Å². The van der Waals surface area contributed by atoms with Crippen LogP contribution in [0.25, 0.3) is 96.1 Å². The Bertz CT molecular complexity index is 2830. The molecule has 7 aromatic carbocycles. The van der Waals surface area contributed by atoms with Gasteiger partial charge in [-0.3, -0.25) is 0 Å². The molecular weight excluding hydrogens is 599 g/mol. The van der Waals surface area contributed by atoms with Crippen LogP contribution in [0, 0.1) is 0 Å². The van der Waals surface area contributed by atoms with Crippen LogP contribution in [0.15, 0.2) is 140 Å². The third-order valence-corrected chi connectivity index (χ3v) is 11.2. The maximum absolute atomic E-state index is 5.14. The lowest BCUT2D eigenvalue weighted by atomic mass is 10.00. The molecule has 0 spiro atoms.